The molecule has 1 aromatic heterocycles. The van der Waals surface area contributed by atoms with E-state index < -0.39 is 0 Å². The summed E-state index contributed by atoms with van der Waals surface area (Å²) in [5.41, 5.74) is 5.38. The maximum atomic E-state index is 5.79. The van der Waals surface area contributed by atoms with Crippen molar-refractivity contribution in [2.45, 2.75) is 52.0 Å². The molecular weight excluding hydrogens is 224 g/mol. The zero-order chi connectivity index (χ0) is 13.1. The molecule has 1 heterocycles. The highest BCUT2D eigenvalue weighted by Crippen LogP contribution is 2.38. The van der Waals surface area contributed by atoms with E-state index in [2.05, 4.69) is 30.6 Å². The van der Waals surface area contributed by atoms with Gasteiger partial charge in [0.2, 0.25) is 0 Å². The Kier molecular flexibility index (Phi) is 4.40. The van der Waals surface area contributed by atoms with E-state index in [1.54, 1.807) is 0 Å². The van der Waals surface area contributed by atoms with Crippen LogP contribution in [0.4, 0.5) is 0 Å². The van der Waals surface area contributed by atoms with E-state index >= 15 is 0 Å². The van der Waals surface area contributed by atoms with Gasteiger partial charge in [-0.3, -0.25) is 16.0 Å². The number of rotatable bonds is 4. The van der Waals surface area contributed by atoms with Crippen LogP contribution in [0.15, 0.2) is 6.20 Å². The van der Waals surface area contributed by atoms with Gasteiger partial charge in [0.1, 0.15) is 0 Å². The average molecular weight is 250 g/mol. The van der Waals surface area contributed by atoms with Crippen LogP contribution < -0.4 is 11.3 Å². The van der Waals surface area contributed by atoms with Crippen molar-refractivity contribution in [1.29, 1.82) is 0 Å². The summed E-state index contributed by atoms with van der Waals surface area (Å²) in [4.78, 5) is 0. The molecular formula is C14H26N4. The Morgan fingerprint density at radius 2 is 2.11 bits per heavy atom. The first-order chi connectivity index (χ1) is 8.65. The van der Waals surface area contributed by atoms with Gasteiger partial charge in [0.05, 0.1) is 11.7 Å². The number of aryl methyl sites for hydroxylation is 2. The molecule has 2 rings (SSSR count). The van der Waals surface area contributed by atoms with E-state index in [1.807, 2.05) is 11.7 Å². The summed E-state index contributed by atoms with van der Waals surface area (Å²) in [6.45, 7) is 4.37. The van der Waals surface area contributed by atoms with Gasteiger partial charge < -0.3 is 0 Å². The number of aromatic nitrogens is 2. The molecule has 1 fully saturated rings. The Morgan fingerprint density at radius 1 is 1.44 bits per heavy atom. The normalized spacial score (nSPS) is 26.2. The maximum Gasteiger partial charge on any atom is 0.0642 e. The van der Waals surface area contributed by atoms with Crippen LogP contribution in [-0.2, 0) is 7.05 Å². The molecule has 4 nitrogen and oxygen atoms in total. The monoisotopic (exact) mass is 250 g/mol. The second kappa shape index (κ2) is 5.85. The molecule has 1 aromatic rings. The van der Waals surface area contributed by atoms with Gasteiger partial charge in [-0.15, -0.1) is 0 Å². The minimum Gasteiger partial charge on any atom is -0.275 e. The van der Waals surface area contributed by atoms with E-state index in [0.29, 0.717) is 5.92 Å². The molecule has 1 saturated carbocycles. The molecule has 1 atom stereocenters. The van der Waals surface area contributed by atoms with Gasteiger partial charge in [-0.2, -0.15) is 5.10 Å². The van der Waals surface area contributed by atoms with Gasteiger partial charge in [-0.1, -0.05) is 26.2 Å². The van der Waals surface area contributed by atoms with Crippen molar-refractivity contribution < 1.29 is 0 Å². The molecule has 0 spiro atoms. The molecule has 1 unspecified atom stereocenters. The van der Waals surface area contributed by atoms with Gasteiger partial charge in [0.15, 0.2) is 0 Å². The molecule has 3 N–H and O–H groups in total. The Bertz CT molecular complexity index is 377. The minimum absolute atomic E-state index is 0.261. The number of hydrogen-bond acceptors (Lipinski definition) is 3. The molecule has 0 radical (unpaired) electrons. The molecule has 0 aromatic carbocycles. The smallest absolute Gasteiger partial charge is 0.0642 e. The third kappa shape index (κ3) is 2.75. The fourth-order valence-corrected chi connectivity index (χ4v) is 3.33. The van der Waals surface area contributed by atoms with Gasteiger partial charge in [-0.05, 0) is 31.6 Å². The first-order valence-electron chi connectivity index (χ1n) is 7.12. The van der Waals surface area contributed by atoms with Crippen molar-refractivity contribution in [1.82, 2.24) is 15.2 Å². The van der Waals surface area contributed by atoms with Gasteiger partial charge in [-0.25, -0.2) is 0 Å². The third-order valence-corrected chi connectivity index (χ3v) is 4.51. The number of nitrogens with one attached hydrogen (secondary N) is 1. The number of hydrazine groups is 1. The molecule has 0 aliphatic heterocycles. The van der Waals surface area contributed by atoms with Crippen LogP contribution in [0.5, 0.6) is 0 Å². The summed E-state index contributed by atoms with van der Waals surface area (Å²) in [7, 11) is 1.97. The Hall–Kier alpha value is -0.870. The summed E-state index contributed by atoms with van der Waals surface area (Å²) >= 11 is 0. The maximum absolute atomic E-state index is 5.79. The lowest BCUT2D eigenvalue weighted by atomic mass is 9.76. The fourth-order valence-electron chi connectivity index (χ4n) is 3.33. The van der Waals surface area contributed by atoms with E-state index in [1.165, 1.54) is 37.7 Å². The zero-order valence-corrected chi connectivity index (χ0v) is 11.8. The summed E-state index contributed by atoms with van der Waals surface area (Å²) in [6, 6.07) is 0.261. The van der Waals surface area contributed by atoms with E-state index in [4.69, 9.17) is 5.84 Å². The second-order valence-electron chi connectivity index (χ2n) is 5.68. The predicted octanol–water partition coefficient (Wildman–Crippen LogP) is 2.45. The number of nitrogens with zero attached hydrogens (tertiary/aromatic N) is 2. The van der Waals surface area contributed by atoms with Crippen molar-refractivity contribution in [2.75, 3.05) is 0 Å². The van der Waals surface area contributed by atoms with Crippen molar-refractivity contribution in [3.63, 3.8) is 0 Å². The summed E-state index contributed by atoms with van der Waals surface area (Å²) in [6.07, 6.45) is 8.67. The Labute approximate surface area is 110 Å². The largest absolute Gasteiger partial charge is 0.275 e. The average Bonchev–Trinajstić information content (AvgIpc) is 2.70. The topological polar surface area (TPSA) is 55.9 Å². The van der Waals surface area contributed by atoms with Gasteiger partial charge in [0, 0.05) is 18.8 Å². The van der Waals surface area contributed by atoms with E-state index in [0.717, 1.165) is 11.6 Å². The lowest BCUT2D eigenvalue weighted by Crippen LogP contribution is -2.35. The molecule has 102 valence electrons. The predicted molar refractivity (Wildman–Crippen MR) is 73.7 cm³/mol. The molecule has 4 heteroatoms. The second-order valence-corrected chi connectivity index (χ2v) is 5.68. The van der Waals surface area contributed by atoms with Crippen molar-refractivity contribution in [3.05, 3.63) is 17.5 Å². The molecule has 0 amide bonds. The van der Waals surface area contributed by atoms with Crippen LogP contribution >= 0.6 is 0 Å². The van der Waals surface area contributed by atoms with E-state index in [9.17, 15) is 0 Å². The van der Waals surface area contributed by atoms with Gasteiger partial charge in [0.25, 0.3) is 0 Å². The highest BCUT2D eigenvalue weighted by Gasteiger charge is 2.29. The zero-order valence-electron chi connectivity index (χ0n) is 11.8. The first-order valence-corrected chi connectivity index (χ1v) is 7.12. The highest BCUT2D eigenvalue weighted by atomic mass is 15.3. The fraction of sp³-hybridized carbons (Fsp3) is 0.786. The quantitative estimate of drug-likeness (QED) is 0.637. The molecule has 1 aliphatic carbocycles. The van der Waals surface area contributed by atoms with Crippen LogP contribution in [0, 0.1) is 18.8 Å². The SMILES string of the molecule is CCC1CCC(C(NN)c2cn(C)nc2C)CC1. The molecule has 0 bridgehead atoms. The standard InChI is InChI=1S/C14H26N4/c1-4-11-5-7-12(8-6-11)14(16-15)13-9-18(3)17-10(13)2/h9,11-12,14,16H,4-8,15H2,1-3H3. The van der Waals surface area contributed by atoms with Crippen molar-refractivity contribution in [3.8, 4) is 0 Å². The van der Waals surface area contributed by atoms with Gasteiger partial charge >= 0.3 is 0 Å². The lowest BCUT2D eigenvalue weighted by Gasteiger charge is -2.33. The Balaban J connectivity index is 2.08. The van der Waals surface area contributed by atoms with Crippen LogP contribution in [0.2, 0.25) is 0 Å². The summed E-state index contributed by atoms with van der Waals surface area (Å²) in [5.74, 6) is 7.37. The van der Waals surface area contributed by atoms with Crippen molar-refractivity contribution in [2.24, 2.45) is 24.7 Å². The summed E-state index contributed by atoms with van der Waals surface area (Å²) in [5, 5.41) is 4.43. The minimum atomic E-state index is 0.261. The van der Waals surface area contributed by atoms with Crippen molar-refractivity contribution >= 4 is 0 Å². The third-order valence-electron chi connectivity index (χ3n) is 4.51. The van der Waals surface area contributed by atoms with Crippen LogP contribution in [0.3, 0.4) is 0 Å². The van der Waals surface area contributed by atoms with E-state index in [-0.39, 0.29) is 6.04 Å². The molecule has 18 heavy (non-hydrogen) atoms. The van der Waals surface area contributed by atoms with Crippen LogP contribution in [0.1, 0.15) is 56.3 Å². The summed E-state index contributed by atoms with van der Waals surface area (Å²) < 4.78 is 1.88. The molecule has 1 aliphatic rings. The number of hydrogen-bond donors (Lipinski definition) is 2. The lowest BCUT2D eigenvalue weighted by molar-refractivity contribution is 0.219. The highest BCUT2D eigenvalue weighted by molar-refractivity contribution is 5.21. The first kappa shape index (κ1) is 13.6. The molecule has 0 saturated heterocycles. The Morgan fingerprint density at radius 3 is 2.56 bits per heavy atom. The van der Waals surface area contributed by atoms with Crippen LogP contribution in [-0.4, -0.2) is 9.78 Å². The number of nitrogens with two attached hydrogens (primary N) is 1. The van der Waals surface area contributed by atoms with Crippen LogP contribution in [0.25, 0.3) is 0 Å².